The van der Waals surface area contributed by atoms with Crippen molar-refractivity contribution in [2.75, 3.05) is 11.9 Å². The predicted octanol–water partition coefficient (Wildman–Crippen LogP) is 4.90. The summed E-state index contributed by atoms with van der Waals surface area (Å²) >= 11 is 1.44. The third-order valence-electron chi connectivity index (χ3n) is 6.28. The second kappa shape index (κ2) is 9.24. The third kappa shape index (κ3) is 4.10. The minimum absolute atomic E-state index is 0.248. The summed E-state index contributed by atoms with van der Waals surface area (Å²) in [5.74, 6) is -0.691. The van der Waals surface area contributed by atoms with Crippen molar-refractivity contribution < 1.29 is 19.4 Å². The zero-order chi connectivity index (χ0) is 26.4. The first-order valence-electron chi connectivity index (χ1n) is 11.8. The van der Waals surface area contributed by atoms with E-state index in [1.54, 1.807) is 22.9 Å². The fourth-order valence-corrected chi connectivity index (χ4v) is 5.46. The summed E-state index contributed by atoms with van der Waals surface area (Å²) in [4.78, 5) is 45.9. The first-order chi connectivity index (χ1) is 18.4. The number of carboxylic acid groups (broad SMARTS) is 1. The molecule has 0 aliphatic carbocycles. The molecule has 4 heterocycles. The van der Waals surface area contributed by atoms with Crippen molar-refractivity contribution in [2.45, 2.75) is 13.5 Å². The molecule has 0 atom stereocenters. The molecule has 38 heavy (non-hydrogen) atoms. The summed E-state index contributed by atoms with van der Waals surface area (Å²) < 4.78 is 7.64. The molecule has 1 aliphatic rings. The lowest BCUT2D eigenvalue weighted by molar-refractivity contribution is -0.114. The highest BCUT2D eigenvalue weighted by Gasteiger charge is 2.23. The maximum atomic E-state index is 13.2. The van der Waals surface area contributed by atoms with Gasteiger partial charge in [0.1, 0.15) is 28.7 Å². The fourth-order valence-electron chi connectivity index (χ4n) is 4.60. The van der Waals surface area contributed by atoms with E-state index in [0.29, 0.717) is 51.9 Å². The molecule has 2 aromatic carbocycles. The Kier molecular flexibility index (Phi) is 5.73. The monoisotopic (exact) mass is 524 g/mol. The van der Waals surface area contributed by atoms with Gasteiger partial charge < -0.3 is 19.7 Å². The molecule has 0 unspecified atom stereocenters. The molecule has 0 spiro atoms. The molecule has 3 aromatic heterocycles. The van der Waals surface area contributed by atoms with Gasteiger partial charge >= 0.3 is 5.97 Å². The first kappa shape index (κ1) is 23.6. The van der Waals surface area contributed by atoms with E-state index in [2.05, 4.69) is 10.3 Å². The number of carboxylic acids is 1. The van der Waals surface area contributed by atoms with Crippen LogP contribution >= 0.6 is 11.3 Å². The molecule has 0 bridgehead atoms. The molecule has 1 amide bonds. The summed E-state index contributed by atoms with van der Waals surface area (Å²) in [6.07, 6.45) is 2.98. The van der Waals surface area contributed by atoms with E-state index >= 15 is 0 Å². The van der Waals surface area contributed by atoms with Gasteiger partial charge in [-0.15, -0.1) is 11.3 Å². The quantitative estimate of drug-likeness (QED) is 0.335. The zero-order valence-electron chi connectivity index (χ0n) is 20.1. The standard InChI is InChI=1S/C28H20N4O5S/c1-15(33)30-24-11-18(27-31-22(14-38-27)16-5-3-2-4-6-16)20(12-29-24)17-9-19-25-23(10-17)37-8-7-32(25)13-21(26(19)34)28(35)36/h2-6,9-14H,7-8H2,1H3,(H,35,36)(H,29,30,33). The molecule has 2 N–H and O–H groups in total. The zero-order valence-corrected chi connectivity index (χ0v) is 20.9. The lowest BCUT2D eigenvalue weighted by Gasteiger charge is -2.22. The van der Waals surface area contributed by atoms with E-state index in [0.717, 1.165) is 11.3 Å². The van der Waals surface area contributed by atoms with Gasteiger partial charge in [-0.25, -0.2) is 14.8 Å². The van der Waals surface area contributed by atoms with E-state index in [1.165, 1.54) is 24.5 Å². The second-order valence-corrected chi connectivity index (χ2v) is 9.65. The number of nitrogens with zero attached hydrogens (tertiary/aromatic N) is 3. The number of benzene rings is 2. The van der Waals surface area contributed by atoms with Crippen LogP contribution in [-0.4, -0.2) is 38.1 Å². The summed E-state index contributed by atoms with van der Waals surface area (Å²) in [7, 11) is 0. The molecule has 0 radical (unpaired) electrons. The Balaban J connectivity index is 1.58. The molecule has 6 rings (SSSR count). The molecule has 9 nitrogen and oxygen atoms in total. The van der Waals surface area contributed by atoms with Crippen LogP contribution < -0.4 is 15.5 Å². The lowest BCUT2D eigenvalue weighted by Crippen LogP contribution is -2.23. The first-order valence-corrected chi connectivity index (χ1v) is 12.6. The highest BCUT2D eigenvalue weighted by atomic mass is 32.1. The maximum absolute atomic E-state index is 13.2. The van der Waals surface area contributed by atoms with Crippen molar-refractivity contribution in [3.05, 3.63) is 82.1 Å². The van der Waals surface area contributed by atoms with Crippen LogP contribution in [0, 0.1) is 0 Å². The van der Waals surface area contributed by atoms with Crippen molar-refractivity contribution in [2.24, 2.45) is 0 Å². The van der Waals surface area contributed by atoms with Gasteiger partial charge in [0, 0.05) is 41.4 Å². The van der Waals surface area contributed by atoms with Gasteiger partial charge in [0.25, 0.3) is 0 Å². The van der Waals surface area contributed by atoms with Gasteiger partial charge in [-0.3, -0.25) is 9.59 Å². The molecule has 10 heteroatoms. The maximum Gasteiger partial charge on any atom is 0.341 e. The Morgan fingerprint density at radius 2 is 1.92 bits per heavy atom. The van der Waals surface area contributed by atoms with Crippen LogP contribution in [0.3, 0.4) is 0 Å². The average molecular weight is 525 g/mol. The van der Waals surface area contributed by atoms with Crippen molar-refractivity contribution in [3.8, 4) is 38.7 Å². The fraction of sp³-hybridized carbons (Fsp3) is 0.107. The Morgan fingerprint density at radius 1 is 1.11 bits per heavy atom. The summed E-state index contributed by atoms with van der Waals surface area (Å²) in [6.45, 7) is 2.18. The molecule has 0 fully saturated rings. The molecular formula is C28H20N4O5S. The van der Waals surface area contributed by atoms with Gasteiger partial charge in [-0.1, -0.05) is 30.3 Å². The number of carbonyl (C=O) groups excluding carboxylic acids is 1. The summed E-state index contributed by atoms with van der Waals surface area (Å²) in [6, 6.07) is 15.0. The lowest BCUT2D eigenvalue weighted by atomic mass is 9.98. The van der Waals surface area contributed by atoms with Crippen molar-refractivity contribution >= 4 is 39.9 Å². The second-order valence-electron chi connectivity index (χ2n) is 8.79. The number of hydrogen-bond acceptors (Lipinski definition) is 7. The minimum atomic E-state index is -1.28. The van der Waals surface area contributed by atoms with Gasteiger partial charge in [0.2, 0.25) is 11.3 Å². The number of anilines is 1. The van der Waals surface area contributed by atoms with Crippen LogP contribution in [0.2, 0.25) is 0 Å². The Hall–Kier alpha value is -4.83. The number of rotatable bonds is 5. The molecule has 188 valence electrons. The number of ether oxygens (including phenoxy) is 1. The Labute approximate surface area is 220 Å². The van der Waals surface area contributed by atoms with Crippen LogP contribution in [0.1, 0.15) is 17.3 Å². The minimum Gasteiger partial charge on any atom is -0.489 e. The van der Waals surface area contributed by atoms with E-state index < -0.39 is 11.4 Å². The highest BCUT2D eigenvalue weighted by molar-refractivity contribution is 7.13. The van der Waals surface area contributed by atoms with Crippen molar-refractivity contribution in [1.29, 1.82) is 0 Å². The summed E-state index contributed by atoms with van der Waals surface area (Å²) in [5.41, 5.74) is 3.43. The number of pyridine rings is 2. The third-order valence-corrected chi connectivity index (χ3v) is 7.16. The Bertz CT molecular complexity index is 1810. The van der Waals surface area contributed by atoms with Crippen molar-refractivity contribution in [3.63, 3.8) is 0 Å². The van der Waals surface area contributed by atoms with Gasteiger partial charge in [-0.05, 0) is 23.8 Å². The van der Waals surface area contributed by atoms with Crippen molar-refractivity contribution in [1.82, 2.24) is 14.5 Å². The predicted molar refractivity (Wildman–Crippen MR) is 145 cm³/mol. The molecule has 1 aliphatic heterocycles. The van der Waals surface area contributed by atoms with Crippen LogP contribution in [0.25, 0.3) is 43.9 Å². The van der Waals surface area contributed by atoms with Crippen LogP contribution in [0.5, 0.6) is 5.75 Å². The number of nitrogens with one attached hydrogen (secondary N) is 1. The molecular weight excluding hydrogens is 504 g/mol. The van der Waals surface area contributed by atoms with Crippen LogP contribution in [0.4, 0.5) is 5.82 Å². The highest BCUT2D eigenvalue weighted by Crippen LogP contribution is 2.40. The molecule has 0 saturated heterocycles. The Morgan fingerprint density at radius 3 is 2.68 bits per heavy atom. The number of aromatic carboxylic acids is 1. The number of aromatic nitrogens is 3. The van der Waals surface area contributed by atoms with Gasteiger partial charge in [0.05, 0.1) is 23.1 Å². The number of amides is 1. The summed E-state index contributed by atoms with van der Waals surface area (Å²) in [5, 5.41) is 15.2. The van der Waals surface area contributed by atoms with E-state index in [4.69, 9.17) is 9.72 Å². The number of carbonyl (C=O) groups is 2. The average Bonchev–Trinajstić information content (AvgIpc) is 3.41. The normalized spacial score (nSPS) is 12.2. The van der Waals surface area contributed by atoms with E-state index in [1.807, 2.05) is 41.8 Å². The molecule has 5 aromatic rings. The van der Waals surface area contributed by atoms with Gasteiger partial charge in [0.15, 0.2) is 0 Å². The molecule has 0 saturated carbocycles. The topological polar surface area (TPSA) is 123 Å². The smallest absolute Gasteiger partial charge is 0.341 e. The SMILES string of the molecule is CC(=O)Nc1cc(-c2nc(-c3ccccc3)cs2)c(-c2cc3c4c(c2)c(=O)c(C(=O)O)cn4CCO3)cn1. The van der Waals surface area contributed by atoms with Crippen LogP contribution in [-0.2, 0) is 11.3 Å². The largest absolute Gasteiger partial charge is 0.489 e. The van der Waals surface area contributed by atoms with Gasteiger partial charge in [-0.2, -0.15) is 0 Å². The number of hydrogen-bond donors (Lipinski definition) is 2. The van der Waals surface area contributed by atoms with E-state index in [9.17, 15) is 19.5 Å². The number of thiazole rings is 1. The van der Waals surface area contributed by atoms with Crippen LogP contribution in [0.15, 0.2) is 71.1 Å². The van der Waals surface area contributed by atoms with E-state index in [-0.39, 0.29) is 16.9 Å².